The van der Waals surface area contributed by atoms with E-state index < -0.39 is 34.4 Å². The van der Waals surface area contributed by atoms with Crippen molar-refractivity contribution < 1.29 is 18.0 Å². The van der Waals surface area contributed by atoms with Gasteiger partial charge in [0.15, 0.2) is 0 Å². The Kier molecular flexibility index (Phi) is 11.1. The SMILES string of the molecule is CC[C@@H](C)NC(=O)[C@@H](C)N(Cc1c(Cl)cccc1Cl)C(=O)CN(c1ccc(Cl)c(Cl)c1)S(=O)(=O)c1ccccc1. The lowest BCUT2D eigenvalue weighted by atomic mass is 10.1. The van der Waals surface area contributed by atoms with Crippen molar-refractivity contribution in [1.82, 2.24) is 10.2 Å². The molecule has 0 radical (unpaired) electrons. The van der Waals surface area contributed by atoms with Crippen LogP contribution in [0, 0.1) is 0 Å². The zero-order chi connectivity index (χ0) is 29.6. The van der Waals surface area contributed by atoms with Crippen molar-refractivity contribution in [2.75, 3.05) is 10.8 Å². The molecular weight excluding hydrogens is 616 g/mol. The molecule has 0 saturated heterocycles. The molecule has 7 nitrogen and oxygen atoms in total. The molecule has 0 bridgehead atoms. The molecule has 0 aliphatic rings. The molecule has 40 heavy (non-hydrogen) atoms. The summed E-state index contributed by atoms with van der Waals surface area (Å²) in [6.45, 7) is 4.56. The summed E-state index contributed by atoms with van der Waals surface area (Å²) in [6, 6.07) is 15.7. The van der Waals surface area contributed by atoms with E-state index in [2.05, 4.69) is 5.32 Å². The Labute approximate surface area is 255 Å². The monoisotopic (exact) mass is 643 g/mol. The highest BCUT2D eigenvalue weighted by atomic mass is 35.5. The lowest BCUT2D eigenvalue weighted by Gasteiger charge is -2.33. The van der Waals surface area contributed by atoms with Crippen LogP contribution in [0.15, 0.2) is 71.6 Å². The minimum atomic E-state index is -4.24. The molecular formula is C28H29Cl4N3O4S. The van der Waals surface area contributed by atoms with Gasteiger partial charge in [0.05, 0.1) is 20.6 Å². The molecule has 12 heteroatoms. The van der Waals surface area contributed by atoms with Crippen LogP contribution in [-0.2, 0) is 26.2 Å². The number of nitrogens with zero attached hydrogens (tertiary/aromatic N) is 2. The Morgan fingerprint density at radius 2 is 1.48 bits per heavy atom. The number of carbonyl (C=O) groups is 2. The third kappa shape index (κ3) is 7.62. The number of hydrogen-bond acceptors (Lipinski definition) is 4. The number of carbonyl (C=O) groups excluding carboxylic acids is 2. The Bertz CT molecular complexity index is 1450. The Balaban J connectivity index is 2.08. The molecule has 2 amide bonds. The van der Waals surface area contributed by atoms with Gasteiger partial charge >= 0.3 is 0 Å². The lowest BCUT2D eigenvalue weighted by molar-refractivity contribution is -0.139. The molecule has 214 valence electrons. The van der Waals surface area contributed by atoms with Crippen LogP contribution in [0.25, 0.3) is 0 Å². The Morgan fingerprint density at radius 3 is 2.05 bits per heavy atom. The number of sulfonamides is 1. The molecule has 2 atom stereocenters. The minimum absolute atomic E-state index is 0.0304. The van der Waals surface area contributed by atoms with Crippen molar-refractivity contribution in [2.24, 2.45) is 0 Å². The molecule has 0 aliphatic carbocycles. The Morgan fingerprint density at radius 1 is 0.850 bits per heavy atom. The van der Waals surface area contributed by atoms with Crippen LogP contribution in [0.5, 0.6) is 0 Å². The minimum Gasteiger partial charge on any atom is -0.352 e. The molecule has 0 aromatic heterocycles. The van der Waals surface area contributed by atoms with Crippen LogP contribution in [-0.4, -0.2) is 43.8 Å². The molecule has 0 saturated carbocycles. The van der Waals surface area contributed by atoms with Crippen LogP contribution < -0.4 is 9.62 Å². The van der Waals surface area contributed by atoms with E-state index in [1.54, 1.807) is 43.3 Å². The van der Waals surface area contributed by atoms with Crippen molar-refractivity contribution in [3.8, 4) is 0 Å². The second kappa shape index (κ2) is 13.9. The highest BCUT2D eigenvalue weighted by molar-refractivity contribution is 7.92. The molecule has 0 spiro atoms. The summed E-state index contributed by atoms with van der Waals surface area (Å²) >= 11 is 25.1. The van der Waals surface area contributed by atoms with E-state index in [1.165, 1.54) is 35.2 Å². The molecule has 0 unspecified atom stereocenters. The van der Waals surface area contributed by atoms with Crippen LogP contribution >= 0.6 is 46.4 Å². The van der Waals surface area contributed by atoms with Gasteiger partial charge in [-0.1, -0.05) is 77.6 Å². The van der Waals surface area contributed by atoms with Gasteiger partial charge in [0.1, 0.15) is 12.6 Å². The molecule has 3 aromatic carbocycles. The first-order valence-electron chi connectivity index (χ1n) is 12.4. The van der Waals surface area contributed by atoms with Crippen molar-refractivity contribution >= 4 is 73.9 Å². The predicted octanol–water partition coefficient (Wildman–Crippen LogP) is 6.83. The van der Waals surface area contributed by atoms with E-state index in [4.69, 9.17) is 46.4 Å². The van der Waals surface area contributed by atoms with Gasteiger partial charge in [-0.05, 0) is 62.7 Å². The number of halogens is 4. The highest BCUT2D eigenvalue weighted by Gasteiger charge is 2.33. The topological polar surface area (TPSA) is 86.8 Å². The van der Waals surface area contributed by atoms with Gasteiger partial charge in [0, 0.05) is 28.2 Å². The smallest absolute Gasteiger partial charge is 0.264 e. The average Bonchev–Trinajstić information content (AvgIpc) is 2.93. The third-order valence-corrected chi connectivity index (χ3v) is 9.60. The molecule has 1 N–H and O–H groups in total. The molecule has 0 heterocycles. The summed E-state index contributed by atoms with van der Waals surface area (Å²) in [4.78, 5) is 28.3. The molecule has 3 aromatic rings. The quantitative estimate of drug-likeness (QED) is 0.248. The normalized spacial score (nSPS) is 12.9. The first-order valence-corrected chi connectivity index (χ1v) is 15.4. The zero-order valence-corrected chi connectivity index (χ0v) is 25.9. The summed E-state index contributed by atoms with van der Waals surface area (Å²) < 4.78 is 28.5. The highest BCUT2D eigenvalue weighted by Crippen LogP contribution is 2.31. The van der Waals surface area contributed by atoms with E-state index in [0.29, 0.717) is 22.0 Å². The van der Waals surface area contributed by atoms with Gasteiger partial charge in [-0.25, -0.2) is 8.42 Å². The van der Waals surface area contributed by atoms with Crippen LogP contribution in [0.3, 0.4) is 0 Å². The molecule has 0 fully saturated rings. The van der Waals surface area contributed by atoms with Crippen LogP contribution in [0.1, 0.15) is 32.8 Å². The van der Waals surface area contributed by atoms with E-state index in [-0.39, 0.29) is 33.2 Å². The van der Waals surface area contributed by atoms with Crippen molar-refractivity contribution in [3.63, 3.8) is 0 Å². The molecule has 0 aliphatic heterocycles. The summed E-state index contributed by atoms with van der Waals surface area (Å²) in [5.41, 5.74) is 0.549. The van der Waals surface area contributed by atoms with E-state index in [1.807, 2.05) is 13.8 Å². The summed E-state index contributed by atoms with van der Waals surface area (Å²) in [5.74, 6) is -1.06. The van der Waals surface area contributed by atoms with Crippen LogP contribution in [0.2, 0.25) is 20.1 Å². The number of amides is 2. The number of nitrogens with one attached hydrogen (secondary N) is 1. The van der Waals surface area contributed by atoms with Gasteiger partial charge < -0.3 is 10.2 Å². The molecule has 3 rings (SSSR count). The van der Waals surface area contributed by atoms with Crippen LogP contribution in [0.4, 0.5) is 5.69 Å². The Hall–Kier alpha value is -2.49. The summed E-state index contributed by atoms with van der Waals surface area (Å²) in [7, 11) is -4.24. The van der Waals surface area contributed by atoms with Crippen molar-refractivity contribution in [3.05, 3.63) is 92.4 Å². The van der Waals surface area contributed by atoms with E-state index >= 15 is 0 Å². The van der Waals surface area contributed by atoms with E-state index in [9.17, 15) is 18.0 Å². The maximum atomic E-state index is 14.0. The maximum Gasteiger partial charge on any atom is 0.264 e. The number of anilines is 1. The average molecular weight is 645 g/mol. The van der Waals surface area contributed by atoms with Crippen molar-refractivity contribution in [1.29, 1.82) is 0 Å². The second-order valence-electron chi connectivity index (χ2n) is 9.14. The summed E-state index contributed by atoms with van der Waals surface area (Å²) in [6.07, 6.45) is 0.684. The fraction of sp³-hybridized carbons (Fsp3) is 0.286. The maximum absolute atomic E-state index is 14.0. The standard InChI is InChI=1S/C28H29Cl4N3O4S/c1-4-18(2)33-28(37)19(3)34(16-22-23(29)11-8-12-24(22)30)27(36)17-35(20-13-14-25(31)26(32)15-20)40(38,39)21-9-6-5-7-10-21/h5-15,18-19H,4,16-17H2,1-3H3,(H,33,37)/t18-,19-/m1/s1. The largest absolute Gasteiger partial charge is 0.352 e. The number of hydrogen-bond donors (Lipinski definition) is 1. The fourth-order valence-electron chi connectivity index (χ4n) is 3.79. The van der Waals surface area contributed by atoms with Gasteiger partial charge in [-0.15, -0.1) is 0 Å². The number of benzene rings is 3. The van der Waals surface area contributed by atoms with Crippen molar-refractivity contribution in [2.45, 2.75) is 50.7 Å². The summed E-state index contributed by atoms with van der Waals surface area (Å²) in [5, 5.41) is 3.81. The third-order valence-electron chi connectivity index (χ3n) is 6.36. The first kappa shape index (κ1) is 32.0. The van der Waals surface area contributed by atoms with Gasteiger partial charge in [-0.2, -0.15) is 0 Å². The number of rotatable bonds is 11. The van der Waals surface area contributed by atoms with Gasteiger partial charge in [0.2, 0.25) is 11.8 Å². The zero-order valence-electron chi connectivity index (χ0n) is 22.1. The fourth-order valence-corrected chi connectivity index (χ4v) is 6.03. The van der Waals surface area contributed by atoms with Gasteiger partial charge in [0.25, 0.3) is 10.0 Å². The second-order valence-corrected chi connectivity index (χ2v) is 12.6. The van der Waals surface area contributed by atoms with E-state index in [0.717, 1.165) is 4.31 Å². The first-order chi connectivity index (χ1) is 18.9. The lowest BCUT2D eigenvalue weighted by Crippen LogP contribution is -2.52. The predicted molar refractivity (Wildman–Crippen MR) is 162 cm³/mol. The van der Waals surface area contributed by atoms with Gasteiger partial charge in [-0.3, -0.25) is 13.9 Å².